The van der Waals surface area contributed by atoms with Crippen LogP contribution in [0.3, 0.4) is 0 Å². The number of fused-ring (bicyclic) bond motifs is 1. The molecule has 1 aromatic heterocycles. The number of rotatable bonds is 4. The monoisotopic (exact) mass is 217 g/mol. The number of aldehydes is 1. The Hall–Kier alpha value is -1.77. The van der Waals surface area contributed by atoms with Crippen LogP contribution in [-0.4, -0.2) is 18.0 Å². The average molecular weight is 217 g/mol. The molecule has 1 aromatic carbocycles. The zero-order valence-corrected chi connectivity index (χ0v) is 9.56. The molecule has 2 aromatic rings. The lowest BCUT2D eigenvalue weighted by molar-refractivity contribution is -0.107. The number of hydrogen-bond donors (Lipinski definition) is 0. The van der Waals surface area contributed by atoms with Crippen molar-refractivity contribution in [2.45, 2.75) is 19.9 Å². The second kappa shape index (κ2) is 4.39. The fourth-order valence-corrected chi connectivity index (χ4v) is 1.99. The van der Waals surface area contributed by atoms with Crippen molar-refractivity contribution in [3.63, 3.8) is 0 Å². The lowest BCUT2D eigenvalue weighted by Gasteiger charge is -2.02. The molecule has 0 fully saturated rings. The van der Waals surface area contributed by atoms with Gasteiger partial charge < -0.3 is 14.1 Å². The summed E-state index contributed by atoms with van der Waals surface area (Å²) in [5.41, 5.74) is 2.21. The second-order valence-corrected chi connectivity index (χ2v) is 3.69. The molecule has 16 heavy (non-hydrogen) atoms. The molecule has 0 atom stereocenters. The SMILES string of the molecule is CCn1cc(CC=O)c2cc(OC)ccc21. The third kappa shape index (κ3) is 1.69. The van der Waals surface area contributed by atoms with Crippen molar-refractivity contribution in [2.24, 2.45) is 0 Å². The van der Waals surface area contributed by atoms with E-state index in [1.165, 1.54) is 0 Å². The van der Waals surface area contributed by atoms with Crippen molar-refractivity contribution in [2.75, 3.05) is 7.11 Å². The second-order valence-electron chi connectivity index (χ2n) is 3.69. The van der Waals surface area contributed by atoms with Crippen LogP contribution in [0.5, 0.6) is 5.75 Å². The van der Waals surface area contributed by atoms with E-state index in [9.17, 15) is 4.79 Å². The number of benzene rings is 1. The first-order chi connectivity index (χ1) is 7.80. The van der Waals surface area contributed by atoms with E-state index in [1.54, 1.807) is 7.11 Å². The fourth-order valence-electron chi connectivity index (χ4n) is 1.99. The molecule has 2 rings (SSSR count). The molecular weight excluding hydrogens is 202 g/mol. The first kappa shape index (κ1) is 10.7. The number of nitrogens with zero attached hydrogens (tertiary/aromatic N) is 1. The van der Waals surface area contributed by atoms with Crippen LogP contribution < -0.4 is 4.74 Å². The minimum Gasteiger partial charge on any atom is -0.497 e. The largest absolute Gasteiger partial charge is 0.497 e. The van der Waals surface area contributed by atoms with Crippen molar-refractivity contribution in [1.29, 1.82) is 0 Å². The molecule has 3 nitrogen and oxygen atoms in total. The van der Waals surface area contributed by atoms with Gasteiger partial charge in [-0.15, -0.1) is 0 Å². The van der Waals surface area contributed by atoms with Crippen molar-refractivity contribution in [3.05, 3.63) is 30.0 Å². The topological polar surface area (TPSA) is 31.2 Å². The molecule has 0 aliphatic heterocycles. The zero-order valence-electron chi connectivity index (χ0n) is 9.56. The number of hydrogen-bond acceptors (Lipinski definition) is 2. The predicted molar refractivity (Wildman–Crippen MR) is 63.9 cm³/mol. The lowest BCUT2D eigenvalue weighted by atomic mass is 10.1. The van der Waals surface area contributed by atoms with Crippen molar-refractivity contribution in [3.8, 4) is 5.75 Å². The van der Waals surface area contributed by atoms with Crippen LogP contribution in [0.15, 0.2) is 24.4 Å². The highest BCUT2D eigenvalue weighted by Crippen LogP contribution is 2.26. The zero-order chi connectivity index (χ0) is 11.5. The Labute approximate surface area is 94.6 Å². The third-order valence-electron chi connectivity index (χ3n) is 2.81. The Kier molecular flexibility index (Phi) is 2.95. The van der Waals surface area contributed by atoms with Gasteiger partial charge in [0.25, 0.3) is 0 Å². The van der Waals surface area contributed by atoms with E-state index >= 15 is 0 Å². The molecule has 0 saturated carbocycles. The molecule has 3 heteroatoms. The maximum atomic E-state index is 10.6. The molecule has 0 aliphatic rings. The van der Waals surface area contributed by atoms with Gasteiger partial charge in [0.05, 0.1) is 7.11 Å². The molecule has 0 aliphatic carbocycles. The van der Waals surface area contributed by atoms with Crippen LogP contribution in [0.4, 0.5) is 0 Å². The summed E-state index contributed by atoms with van der Waals surface area (Å²) in [6, 6.07) is 5.96. The molecule has 0 bridgehead atoms. The van der Waals surface area contributed by atoms with Gasteiger partial charge in [0, 0.05) is 30.1 Å². The number of aryl methyl sites for hydroxylation is 1. The van der Waals surface area contributed by atoms with Crippen LogP contribution >= 0.6 is 0 Å². The summed E-state index contributed by atoms with van der Waals surface area (Å²) >= 11 is 0. The van der Waals surface area contributed by atoms with Gasteiger partial charge in [0.2, 0.25) is 0 Å². The van der Waals surface area contributed by atoms with E-state index in [-0.39, 0.29) is 0 Å². The lowest BCUT2D eigenvalue weighted by Crippen LogP contribution is -1.90. The minimum atomic E-state index is 0.455. The molecule has 84 valence electrons. The van der Waals surface area contributed by atoms with Gasteiger partial charge in [-0.05, 0) is 30.7 Å². The van der Waals surface area contributed by atoms with Gasteiger partial charge in [-0.25, -0.2) is 0 Å². The molecule has 0 spiro atoms. The molecule has 0 saturated heterocycles. The number of carbonyl (C=O) groups is 1. The van der Waals surface area contributed by atoms with Crippen molar-refractivity contribution < 1.29 is 9.53 Å². The van der Waals surface area contributed by atoms with E-state index in [1.807, 2.05) is 24.4 Å². The molecule has 1 heterocycles. The van der Waals surface area contributed by atoms with Gasteiger partial charge in [-0.1, -0.05) is 0 Å². The van der Waals surface area contributed by atoms with Gasteiger partial charge in [-0.3, -0.25) is 0 Å². The van der Waals surface area contributed by atoms with E-state index < -0.39 is 0 Å². The van der Waals surface area contributed by atoms with Gasteiger partial charge >= 0.3 is 0 Å². The molecule has 0 N–H and O–H groups in total. The van der Waals surface area contributed by atoms with Crippen molar-refractivity contribution in [1.82, 2.24) is 4.57 Å². The summed E-state index contributed by atoms with van der Waals surface area (Å²) in [6.07, 6.45) is 3.43. The first-order valence-corrected chi connectivity index (χ1v) is 5.39. The van der Waals surface area contributed by atoms with E-state index in [0.717, 1.165) is 35.0 Å². The normalized spacial score (nSPS) is 10.6. The molecular formula is C13H15NO2. The summed E-state index contributed by atoms with van der Waals surface area (Å²) in [4.78, 5) is 10.6. The number of carbonyl (C=O) groups excluding carboxylic acids is 1. The summed E-state index contributed by atoms with van der Waals surface area (Å²) in [6.45, 7) is 3.00. The highest BCUT2D eigenvalue weighted by molar-refractivity contribution is 5.87. The molecule has 0 radical (unpaired) electrons. The standard InChI is InChI=1S/C13H15NO2/c1-3-14-9-10(6-7-15)12-8-11(16-2)4-5-13(12)14/h4-5,7-9H,3,6H2,1-2H3. The maximum Gasteiger partial charge on any atom is 0.124 e. The van der Waals surface area contributed by atoms with E-state index in [2.05, 4.69) is 11.5 Å². The van der Waals surface area contributed by atoms with Crippen LogP contribution in [0, 0.1) is 0 Å². The number of ether oxygens (including phenoxy) is 1. The molecule has 0 unspecified atom stereocenters. The quantitative estimate of drug-likeness (QED) is 0.736. The van der Waals surface area contributed by atoms with Crippen LogP contribution in [-0.2, 0) is 17.8 Å². The van der Waals surface area contributed by atoms with E-state index in [4.69, 9.17) is 4.74 Å². The van der Waals surface area contributed by atoms with Crippen LogP contribution in [0.1, 0.15) is 12.5 Å². The number of aromatic nitrogens is 1. The van der Waals surface area contributed by atoms with Crippen molar-refractivity contribution >= 4 is 17.2 Å². The van der Waals surface area contributed by atoms with Gasteiger partial charge in [0.15, 0.2) is 0 Å². The Morgan fingerprint density at radius 2 is 2.25 bits per heavy atom. The highest BCUT2D eigenvalue weighted by atomic mass is 16.5. The molecule has 0 amide bonds. The van der Waals surface area contributed by atoms with E-state index in [0.29, 0.717) is 6.42 Å². The average Bonchev–Trinajstić information content (AvgIpc) is 2.67. The minimum absolute atomic E-state index is 0.455. The maximum absolute atomic E-state index is 10.6. The Morgan fingerprint density at radius 3 is 2.88 bits per heavy atom. The fraction of sp³-hybridized carbons (Fsp3) is 0.308. The summed E-state index contributed by atoms with van der Waals surface area (Å²) in [5, 5.41) is 1.10. The first-order valence-electron chi connectivity index (χ1n) is 5.39. The summed E-state index contributed by atoms with van der Waals surface area (Å²) in [7, 11) is 1.65. The highest BCUT2D eigenvalue weighted by Gasteiger charge is 2.08. The number of methoxy groups -OCH3 is 1. The van der Waals surface area contributed by atoms with Crippen LogP contribution in [0.2, 0.25) is 0 Å². The predicted octanol–water partition coefficient (Wildman–Crippen LogP) is 2.41. The summed E-state index contributed by atoms with van der Waals surface area (Å²) in [5.74, 6) is 0.827. The Morgan fingerprint density at radius 1 is 1.44 bits per heavy atom. The smallest absolute Gasteiger partial charge is 0.124 e. The Bertz CT molecular complexity index is 514. The Balaban J connectivity index is 2.64. The summed E-state index contributed by atoms with van der Waals surface area (Å²) < 4.78 is 7.35. The van der Waals surface area contributed by atoms with Crippen LogP contribution in [0.25, 0.3) is 10.9 Å². The van der Waals surface area contributed by atoms with Gasteiger partial charge in [0.1, 0.15) is 12.0 Å². The third-order valence-corrected chi connectivity index (χ3v) is 2.81. The van der Waals surface area contributed by atoms with Gasteiger partial charge in [-0.2, -0.15) is 0 Å².